The minimum absolute atomic E-state index is 0.0231. The number of hydrogen-bond donors (Lipinski definition) is 2. The zero-order chi connectivity index (χ0) is 24.9. The van der Waals surface area contributed by atoms with Crippen LogP contribution >= 0.6 is 0 Å². The Kier molecular flexibility index (Phi) is 5.36. The van der Waals surface area contributed by atoms with Crippen molar-refractivity contribution in [2.75, 3.05) is 7.11 Å². The molecule has 0 unspecified atom stereocenters. The quantitative estimate of drug-likeness (QED) is 0.442. The molecule has 2 N–H and O–H groups in total. The molecular weight excluding hydrogens is 451 g/mol. The van der Waals surface area contributed by atoms with Crippen LogP contribution in [0.3, 0.4) is 0 Å². The van der Waals surface area contributed by atoms with Crippen molar-refractivity contribution < 1.29 is 23.8 Å². The van der Waals surface area contributed by atoms with Crippen LogP contribution in [0.1, 0.15) is 33.6 Å². The monoisotopic (exact) mass is 472 g/mol. The third kappa shape index (κ3) is 3.73. The number of nitrogens with one attached hydrogen (secondary N) is 1. The van der Waals surface area contributed by atoms with Crippen molar-refractivity contribution in [2.24, 2.45) is 0 Å². The molecule has 0 saturated carbocycles. The van der Waals surface area contributed by atoms with Gasteiger partial charge in [-0.1, -0.05) is 18.2 Å². The topological polar surface area (TPSA) is 101 Å². The summed E-state index contributed by atoms with van der Waals surface area (Å²) in [6.07, 6.45) is 5.15. The first-order valence-electron chi connectivity index (χ1n) is 10.9. The number of nitrogens with zero attached hydrogens (tertiary/aromatic N) is 1. The summed E-state index contributed by atoms with van der Waals surface area (Å²) in [6, 6.07) is 9.43. The molecule has 2 aromatic heterocycles. The number of methoxy groups -OCH3 is 1. The highest BCUT2D eigenvalue weighted by atomic mass is 19.1. The number of H-pyrrole nitrogens is 1. The molecule has 0 radical (unpaired) electrons. The number of benzene rings is 2. The predicted octanol–water partition coefficient (Wildman–Crippen LogP) is 4.60. The Balaban J connectivity index is 1.83. The smallest absolute Gasteiger partial charge is 0.353 e. The zero-order valence-corrected chi connectivity index (χ0v) is 19.0. The lowest BCUT2D eigenvalue weighted by molar-refractivity contribution is -0.113. The lowest BCUT2D eigenvalue weighted by Crippen LogP contribution is -2.15. The molecule has 7 nitrogen and oxygen atoms in total. The minimum Gasteiger partial charge on any atom is -0.497 e. The van der Waals surface area contributed by atoms with E-state index in [4.69, 9.17) is 4.74 Å². The van der Waals surface area contributed by atoms with Gasteiger partial charge in [0.05, 0.1) is 18.1 Å². The maximum absolute atomic E-state index is 14.7. The van der Waals surface area contributed by atoms with Gasteiger partial charge in [-0.15, -0.1) is 0 Å². The Morgan fingerprint density at radius 2 is 1.97 bits per heavy atom. The van der Waals surface area contributed by atoms with E-state index >= 15 is 0 Å². The van der Waals surface area contributed by atoms with Crippen LogP contribution in [0.2, 0.25) is 0 Å². The number of carboxylic acids is 1. The van der Waals surface area contributed by atoms with Gasteiger partial charge in [-0.3, -0.25) is 9.59 Å². The minimum atomic E-state index is -1.26. The molecule has 2 heterocycles. The molecule has 176 valence electrons. The highest BCUT2D eigenvalue weighted by molar-refractivity contribution is 6.27. The summed E-state index contributed by atoms with van der Waals surface area (Å²) in [4.78, 5) is 40.5. The summed E-state index contributed by atoms with van der Waals surface area (Å²) < 4.78 is 21.4. The van der Waals surface area contributed by atoms with Gasteiger partial charge in [-0.25, -0.2) is 9.18 Å². The van der Waals surface area contributed by atoms with Crippen molar-refractivity contribution in [3.63, 3.8) is 0 Å². The van der Waals surface area contributed by atoms with Crippen LogP contribution < -0.4 is 10.3 Å². The number of aryl methyl sites for hydroxylation is 1. The average Bonchev–Trinajstić information content (AvgIpc) is 3.12. The number of allylic oxidation sites excluding steroid dienone is 4. The van der Waals surface area contributed by atoms with E-state index in [1.165, 1.54) is 23.8 Å². The molecule has 0 atom stereocenters. The maximum Gasteiger partial charge on any atom is 0.353 e. The van der Waals surface area contributed by atoms with Crippen LogP contribution in [-0.2, 0) is 11.3 Å². The second kappa shape index (κ2) is 8.39. The van der Waals surface area contributed by atoms with E-state index in [1.807, 2.05) is 0 Å². The summed E-state index contributed by atoms with van der Waals surface area (Å²) >= 11 is 0. The van der Waals surface area contributed by atoms with Crippen molar-refractivity contribution in [3.05, 3.63) is 93.2 Å². The summed E-state index contributed by atoms with van der Waals surface area (Å²) in [7, 11) is 1.52. The number of carbonyl (C=O) groups is 2. The third-order valence-electron chi connectivity index (χ3n) is 6.28. The highest BCUT2D eigenvalue weighted by Gasteiger charge is 2.29. The fourth-order valence-corrected chi connectivity index (χ4v) is 4.64. The maximum atomic E-state index is 14.7. The highest BCUT2D eigenvalue weighted by Crippen LogP contribution is 2.36. The summed E-state index contributed by atoms with van der Waals surface area (Å²) in [5.41, 5.74) is 1.74. The molecule has 4 aromatic rings. The van der Waals surface area contributed by atoms with Crippen LogP contribution in [-0.4, -0.2) is 33.5 Å². The van der Waals surface area contributed by atoms with Gasteiger partial charge in [0.1, 0.15) is 17.3 Å². The molecule has 0 saturated heterocycles. The van der Waals surface area contributed by atoms with Crippen molar-refractivity contribution in [2.45, 2.75) is 19.9 Å². The van der Waals surface area contributed by atoms with Gasteiger partial charge in [-0.05, 0) is 42.3 Å². The molecule has 0 spiro atoms. The Hall–Kier alpha value is -4.46. The second-order valence-electron chi connectivity index (χ2n) is 8.44. The van der Waals surface area contributed by atoms with Crippen molar-refractivity contribution >= 4 is 39.1 Å². The summed E-state index contributed by atoms with van der Waals surface area (Å²) in [6.45, 7) is 1.57. The van der Waals surface area contributed by atoms with Gasteiger partial charge in [0.25, 0.3) is 0 Å². The van der Waals surface area contributed by atoms with Gasteiger partial charge < -0.3 is 19.4 Å². The number of fused-ring (bicyclic) bond motifs is 2. The molecule has 1 aliphatic carbocycles. The lowest BCUT2D eigenvalue weighted by atomic mass is 9.93. The fourth-order valence-electron chi connectivity index (χ4n) is 4.64. The van der Waals surface area contributed by atoms with Crippen LogP contribution in [0.15, 0.2) is 59.4 Å². The number of carboxylic acid groups (broad SMARTS) is 1. The number of aromatic nitrogens is 2. The van der Waals surface area contributed by atoms with Crippen LogP contribution in [0.5, 0.6) is 5.75 Å². The van der Waals surface area contributed by atoms with Gasteiger partial charge in [0.2, 0.25) is 5.56 Å². The van der Waals surface area contributed by atoms with E-state index in [2.05, 4.69) is 4.98 Å². The van der Waals surface area contributed by atoms with E-state index in [9.17, 15) is 23.9 Å². The molecule has 35 heavy (non-hydrogen) atoms. The third-order valence-corrected chi connectivity index (χ3v) is 6.28. The van der Waals surface area contributed by atoms with Crippen LogP contribution in [0, 0.1) is 12.7 Å². The molecular formula is C27H21FN2O5. The number of hydrogen-bond acceptors (Lipinski definition) is 4. The first-order valence-corrected chi connectivity index (χ1v) is 10.9. The largest absolute Gasteiger partial charge is 0.497 e. The van der Waals surface area contributed by atoms with Crippen LogP contribution in [0.25, 0.3) is 27.4 Å². The van der Waals surface area contributed by atoms with E-state index in [0.29, 0.717) is 38.7 Å². The second-order valence-corrected chi connectivity index (χ2v) is 8.44. The standard InChI is InChI=1S/C27H21FN2O5/c1-14-9-19-22(12-20(14)28)30(26(27(33)34)25(19)18-5-3-4-6-23(18)31)13-15-10-24(32)29-21-11-16(35-2)7-8-17(15)21/h3-5,7-12H,6,13H2,1-2H3,(H,29,32)(H,33,34). The Labute approximate surface area is 198 Å². The molecule has 0 amide bonds. The molecule has 2 aromatic carbocycles. The number of Topliss-reactive ketones (excluding diaryl/α,β-unsaturated/α-hetero) is 1. The zero-order valence-electron chi connectivity index (χ0n) is 19.0. The van der Waals surface area contributed by atoms with Crippen molar-refractivity contribution in [1.82, 2.24) is 9.55 Å². The first-order chi connectivity index (χ1) is 16.8. The molecule has 0 fully saturated rings. The average molecular weight is 472 g/mol. The van der Waals surface area contributed by atoms with Gasteiger partial charge >= 0.3 is 5.97 Å². The number of aromatic amines is 1. The molecule has 5 rings (SSSR count). The SMILES string of the molecule is COc1ccc2c(Cn3c(C(=O)O)c(C4=CC=CCC4=O)c4cc(C)c(F)cc43)cc(=O)[nH]c2c1. The lowest BCUT2D eigenvalue weighted by Gasteiger charge is -2.13. The van der Waals surface area contributed by atoms with Gasteiger partial charge in [0, 0.05) is 47.0 Å². The summed E-state index contributed by atoms with van der Waals surface area (Å²) in [5, 5.41) is 11.4. The van der Waals surface area contributed by atoms with Crippen LogP contribution in [0.4, 0.5) is 4.39 Å². The normalized spacial score (nSPS) is 13.5. The van der Waals surface area contributed by atoms with E-state index in [-0.39, 0.29) is 41.1 Å². The number of rotatable bonds is 5. The van der Waals surface area contributed by atoms with E-state index in [1.54, 1.807) is 49.4 Å². The number of carbonyl (C=O) groups excluding carboxylic acids is 1. The number of aromatic carboxylic acids is 1. The number of ketones is 1. The Morgan fingerprint density at radius 1 is 1.17 bits per heavy atom. The number of pyridine rings is 1. The fraction of sp³-hybridized carbons (Fsp3) is 0.148. The Bertz CT molecular complexity index is 1670. The number of halogens is 1. The summed E-state index contributed by atoms with van der Waals surface area (Å²) in [5.74, 6) is -1.42. The molecule has 0 aliphatic heterocycles. The number of ether oxygens (including phenoxy) is 1. The van der Waals surface area contributed by atoms with Gasteiger partial charge in [0.15, 0.2) is 5.78 Å². The predicted molar refractivity (Wildman–Crippen MR) is 131 cm³/mol. The first kappa shape index (κ1) is 22.3. The van der Waals surface area contributed by atoms with Gasteiger partial charge in [-0.2, -0.15) is 0 Å². The molecule has 8 heteroatoms. The Morgan fingerprint density at radius 3 is 2.69 bits per heavy atom. The molecule has 0 bridgehead atoms. The van der Waals surface area contributed by atoms with Crippen molar-refractivity contribution in [3.8, 4) is 5.75 Å². The molecule has 1 aliphatic rings. The van der Waals surface area contributed by atoms with E-state index in [0.717, 1.165) is 0 Å². The van der Waals surface area contributed by atoms with E-state index < -0.39 is 11.8 Å². The van der Waals surface area contributed by atoms with Crippen molar-refractivity contribution in [1.29, 1.82) is 0 Å².